The fourth-order valence-corrected chi connectivity index (χ4v) is 1.72. The van der Waals surface area contributed by atoms with E-state index >= 15 is 0 Å². The number of ether oxygens (including phenoxy) is 1. The van der Waals surface area contributed by atoms with Gasteiger partial charge in [-0.1, -0.05) is 19.8 Å². The van der Waals surface area contributed by atoms with E-state index in [2.05, 4.69) is 0 Å². The third-order valence-corrected chi connectivity index (χ3v) is 2.64. The van der Waals surface area contributed by atoms with Gasteiger partial charge in [-0.2, -0.15) is 0 Å². The second-order valence-electron chi connectivity index (χ2n) is 3.81. The fourth-order valence-electron chi connectivity index (χ4n) is 1.72. The first kappa shape index (κ1) is 12.9. The predicted octanol–water partition coefficient (Wildman–Crippen LogP) is 2.82. The highest BCUT2D eigenvalue weighted by molar-refractivity contribution is 5.70. The second-order valence-corrected chi connectivity index (χ2v) is 3.81. The van der Waals surface area contributed by atoms with Crippen molar-refractivity contribution in [3.63, 3.8) is 0 Å². The van der Waals surface area contributed by atoms with Crippen LogP contribution in [0.15, 0.2) is 12.4 Å². The number of carbonyl (C=O) groups is 1. The fraction of sp³-hybridized carbons (Fsp3) is 0.727. The highest BCUT2D eigenvalue weighted by Gasteiger charge is 2.37. The molecule has 5 heteroatoms. The molecule has 0 aromatic rings. The topological polar surface area (TPSA) is 29.5 Å². The van der Waals surface area contributed by atoms with Crippen molar-refractivity contribution < 1.29 is 18.3 Å². The first-order valence-electron chi connectivity index (χ1n) is 5.55. The van der Waals surface area contributed by atoms with Crippen LogP contribution in [0.1, 0.15) is 26.2 Å². The molecule has 1 fully saturated rings. The van der Waals surface area contributed by atoms with Gasteiger partial charge in [0.2, 0.25) is 0 Å². The van der Waals surface area contributed by atoms with Gasteiger partial charge in [0.1, 0.15) is 18.8 Å². The quantitative estimate of drug-likeness (QED) is 0.660. The van der Waals surface area contributed by atoms with Crippen LogP contribution in [0.3, 0.4) is 0 Å². The van der Waals surface area contributed by atoms with E-state index in [1.54, 1.807) is 0 Å². The lowest BCUT2D eigenvalue weighted by Gasteiger charge is -2.22. The van der Waals surface area contributed by atoms with Crippen LogP contribution in [0.4, 0.5) is 13.6 Å². The molecule has 1 aliphatic rings. The van der Waals surface area contributed by atoms with Crippen molar-refractivity contribution in [1.29, 1.82) is 0 Å². The molecule has 1 aliphatic heterocycles. The molecular weight excluding hydrogens is 216 g/mol. The zero-order chi connectivity index (χ0) is 12.0. The standard InChI is InChI=1S/C11H17F2NO2/c1-2-3-4-7-14-10(8-16-11(14)15)9(13)5-6-12/h5-6,9-10H,2-4,7-8H2,1H3. The molecular formula is C11H17F2NO2. The number of unbranched alkanes of at least 4 members (excludes halogenated alkanes) is 2. The molecule has 2 unspecified atom stereocenters. The number of rotatable bonds is 6. The SMILES string of the molecule is CCCCCN1C(=O)OCC1C(F)C=CF. The monoisotopic (exact) mass is 233 g/mol. The van der Waals surface area contributed by atoms with Gasteiger partial charge in [-0.25, -0.2) is 13.6 Å². The number of carbonyl (C=O) groups excluding carboxylic acids is 1. The Balaban J connectivity index is 2.51. The molecule has 0 aromatic heterocycles. The minimum atomic E-state index is -1.50. The van der Waals surface area contributed by atoms with Crippen LogP contribution in [0.25, 0.3) is 0 Å². The maximum Gasteiger partial charge on any atom is 0.410 e. The molecule has 0 aliphatic carbocycles. The minimum absolute atomic E-state index is 0.00351. The van der Waals surface area contributed by atoms with Crippen molar-refractivity contribution in [2.45, 2.75) is 38.4 Å². The number of alkyl halides is 1. The minimum Gasteiger partial charge on any atom is -0.447 e. The van der Waals surface area contributed by atoms with E-state index in [0.29, 0.717) is 6.54 Å². The molecule has 1 saturated heterocycles. The number of amides is 1. The van der Waals surface area contributed by atoms with Crippen LogP contribution in [0.5, 0.6) is 0 Å². The summed E-state index contributed by atoms with van der Waals surface area (Å²) >= 11 is 0. The highest BCUT2D eigenvalue weighted by atomic mass is 19.1. The summed E-state index contributed by atoms with van der Waals surface area (Å²) in [7, 11) is 0. The summed E-state index contributed by atoms with van der Waals surface area (Å²) < 4.78 is 30.1. The van der Waals surface area contributed by atoms with E-state index in [4.69, 9.17) is 4.74 Å². The molecule has 0 radical (unpaired) electrons. The van der Waals surface area contributed by atoms with E-state index in [1.165, 1.54) is 4.90 Å². The molecule has 1 rings (SSSR count). The number of hydrogen-bond acceptors (Lipinski definition) is 2. The van der Waals surface area contributed by atoms with E-state index in [-0.39, 0.29) is 12.9 Å². The lowest BCUT2D eigenvalue weighted by molar-refractivity contribution is 0.154. The first-order valence-corrected chi connectivity index (χ1v) is 5.55. The number of cyclic esters (lactones) is 1. The first-order chi connectivity index (χ1) is 7.70. The lowest BCUT2D eigenvalue weighted by atomic mass is 10.1. The summed E-state index contributed by atoms with van der Waals surface area (Å²) in [5.74, 6) is 0. The van der Waals surface area contributed by atoms with Crippen molar-refractivity contribution in [2.75, 3.05) is 13.2 Å². The number of hydrogen-bond donors (Lipinski definition) is 0. The zero-order valence-corrected chi connectivity index (χ0v) is 9.36. The van der Waals surface area contributed by atoms with E-state index in [0.717, 1.165) is 25.3 Å². The summed E-state index contributed by atoms with van der Waals surface area (Å²) in [5, 5.41) is 0. The van der Waals surface area contributed by atoms with Gasteiger partial charge in [0.15, 0.2) is 0 Å². The van der Waals surface area contributed by atoms with Gasteiger partial charge < -0.3 is 4.74 Å². The Labute approximate surface area is 94.1 Å². The maximum atomic E-state index is 13.4. The lowest BCUT2D eigenvalue weighted by Crippen LogP contribution is -2.40. The molecule has 0 saturated carbocycles. The third-order valence-electron chi connectivity index (χ3n) is 2.64. The Morgan fingerprint density at radius 1 is 1.62 bits per heavy atom. The van der Waals surface area contributed by atoms with Gasteiger partial charge in [0.05, 0.1) is 6.33 Å². The van der Waals surface area contributed by atoms with Gasteiger partial charge in [-0.3, -0.25) is 4.90 Å². The molecule has 3 nitrogen and oxygen atoms in total. The van der Waals surface area contributed by atoms with Crippen LogP contribution in [-0.4, -0.2) is 36.4 Å². The Morgan fingerprint density at radius 2 is 2.38 bits per heavy atom. The van der Waals surface area contributed by atoms with Crippen LogP contribution < -0.4 is 0 Å². The molecule has 0 spiro atoms. The summed E-state index contributed by atoms with van der Waals surface area (Å²) in [6.45, 7) is 2.51. The van der Waals surface area contributed by atoms with Crippen molar-refractivity contribution >= 4 is 6.09 Å². The van der Waals surface area contributed by atoms with Gasteiger partial charge in [-0.15, -0.1) is 0 Å². The molecule has 92 valence electrons. The summed E-state index contributed by atoms with van der Waals surface area (Å²) in [5.41, 5.74) is 0. The highest BCUT2D eigenvalue weighted by Crippen LogP contribution is 2.19. The number of nitrogens with zero attached hydrogens (tertiary/aromatic N) is 1. The van der Waals surface area contributed by atoms with Gasteiger partial charge >= 0.3 is 6.09 Å². The van der Waals surface area contributed by atoms with Crippen LogP contribution >= 0.6 is 0 Å². The van der Waals surface area contributed by atoms with Crippen LogP contribution in [0, 0.1) is 0 Å². The molecule has 0 N–H and O–H groups in total. The van der Waals surface area contributed by atoms with E-state index in [1.807, 2.05) is 6.92 Å². The maximum absolute atomic E-state index is 13.4. The molecule has 1 amide bonds. The van der Waals surface area contributed by atoms with Crippen molar-refractivity contribution in [2.24, 2.45) is 0 Å². The largest absolute Gasteiger partial charge is 0.447 e. The Morgan fingerprint density at radius 3 is 3.00 bits per heavy atom. The summed E-state index contributed by atoms with van der Waals surface area (Å²) in [6, 6.07) is -0.684. The second kappa shape index (κ2) is 6.45. The molecule has 0 aromatic carbocycles. The summed E-state index contributed by atoms with van der Waals surface area (Å²) in [4.78, 5) is 12.7. The third kappa shape index (κ3) is 3.18. The summed E-state index contributed by atoms with van der Waals surface area (Å²) in [6.07, 6.45) is 1.78. The van der Waals surface area contributed by atoms with Crippen molar-refractivity contribution in [3.05, 3.63) is 12.4 Å². The van der Waals surface area contributed by atoms with E-state index in [9.17, 15) is 13.6 Å². The van der Waals surface area contributed by atoms with E-state index < -0.39 is 18.3 Å². The number of halogens is 2. The smallest absolute Gasteiger partial charge is 0.410 e. The molecule has 16 heavy (non-hydrogen) atoms. The average Bonchev–Trinajstić information content (AvgIpc) is 2.61. The van der Waals surface area contributed by atoms with Crippen LogP contribution in [-0.2, 0) is 4.74 Å². The zero-order valence-electron chi connectivity index (χ0n) is 9.36. The van der Waals surface area contributed by atoms with Gasteiger partial charge in [0.25, 0.3) is 0 Å². The normalized spacial score (nSPS) is 22.8. The molecule has 1 heterocycles. The van der Waals surface area contributed by atoms with Crippen molar-refractivity contribution in [1.82, 2.24) is 4.90 Å². The van der Waals surface area contributed by atoms with Crippen molar-refractivity contribution in [3.8, 4) is 0 Å². The Bertz CT molecular complexity index is 258. The van der Waals surface area contributed by atoms with Gasteiger partial charge in [0, 0.05) is 6.54 Å². The predicted molar refractivity (Wildman–Crippen MR) is 56.5 cm³/mol. The molecule has 0 bridgehead atoms. The molecule has 2 atom stereocenters. The van der Waals surface area contributed by atoms with Gasteiger partial charge in [-0.05, 0) is 12.5 Å². The average molecular weight is 233 g/mol. The Kier molecular flexibility index (Phi) is 5.22. The Hall–Kier alpha value is -1.13. The van der Waals surface area contributed by atoms with Crippen LogP contribution in [0.2, 0.25) is 0 Å².